The molecule has 0 spiro atoms. The standard InChI is InChI=1S/C18H15N3O5/c22-15(10-11-16(23)24)20-21-18(26)13-6-8-14(9-7-13)19-17(25)12-4-2-1-3-5-12/h1-11H,(H,19,25)(H,20,22)(H,21,26)(H,23,24)/b11-10+. The fourth-order valence-corrected chi connectivity index (χ4v) is 1.88. The smallest absolute Gasteiger partial charge is 0.328 e. The highest BCUT2D eigenvalue weighted by Gasteiger charge is 2.08. The van der Waals surface area contributed by atoms with Crippen LogP contribution in [0.25, 0.3) is 0 Å². The molecule has 0 aliphatic carbocycles. The van der Waals surface area contributed by atoms with Crippen molar-refractivity contribution in [3.05, 3.63) is 77.9 Å². The van der Waals surface area contributed by atoms with E-state index in [0.717, 1.165) is 6.08 Å². The summed E-state index contributed by atoms with van der Waals surface area (Å²) in [5, 5.41) is 11.1. The summed E-state index contributed by atoms with van der Waals surface area (Å²) in [6, 6.07) is 14.7. The van der Waals surface area contributed by atoms with Gasteiger partial charge in [0.05, 0.1) is 0 Å². The molecule has 0 unspecified atom stereocenters. The monoisotopic (exact) mass is 353 g/mol. The number of carboxylic acid groups (broad SMARTS) is 1. The van der Waals surface area contributed by atoms with Gasteiger partial charge in [0.2, 0.25) is 0 Å². The van der Waals surface area contributed by atoms with Crippen LogP contribution in [0.1, 0.15) is 20.7 Å². The zero-order chi connectivity index (χ0) is 18.9. The van der Waals surface area contributed by atoms with Crippen LogP contribution >= 0.6 is 0 Å². The second-order valence-electron chi connectivity index (χ2n) is 5.01. The van der Waals surface area contributed by atoms with Crippen molar-refractivity contribution in [2.24, 2.45) is 0 Å². The number of hydrogen-bond acceptors (Lipinski definition) is 4. The molecule has 0 atom stereocenters. The highest BCUT2D eigenvalue weighted by atomic mass is 16.4. The van der Waals surface area contributed by atoms with Crippen LogP contribution in [0, 0.1) is 0 Å². The fourth-order valence-electron chi connectivity index (χ4n) is 1.88. The van der Waals surface area contributed by atoms with Crippen molar-refractivity contribution < 1.29 is 24.3 Å². The SMILES string of the molecule is O=C(O)/C=C/C(=O)NNC(=O)c1ccc(NC(=O)c2ccccc2)cc1. The Morgan fingerprint density at radius 1 is 0.731 bits per heavy atom. The van der Waals surface area contributed by atoms with Crippen LogP contribution in [-0.4, -0.2) is 28.8 Å². The molecule has 2 rings (SSSR count). The quantitative estimate of drug-likeness (QED) is 0.477. The number of nitrogens with one attached hydrogen (secondary N) is 3. The summed E-state index contributed by atoms with van der Waals surface area (Å²) in [4.78, 5) is 45.5. The first-order chi connectivity index (χ1) is 12.5. The van der Waals surface area contributed by atoms with Crippen LogP contribution in [0.15, 0.2) is 66.7 Å². The molecule has 8 heteroatoms. The lowest BCUT2D eigenvalue weighted by Gasteiger charge is -2.08. The summed E-state index contributed by atoms with van der Waals surface area (Å²) in [6.07, 6.45) is 1.41. The average molecular weight is 353 g/mol. The zero-order valence-electron chi connectivity index (χ0n) is 13.4. The largest absolute Gasteiger partial charge is 0.478 e. The number of benzene rings is 2. The molecule has 2 aromatic rings. The van der Waals surface area contributed by atoms with Gasteiger partial charge in [0.1, 0.15) is 0 Å². The molecule has 0 heterocycles. The summed E-state index contributed by atoms with van der Waals surface area (Å²) in [6.45, 7) is 0. The minimum atomic E-state index is -1.28. The Bertz CT molecular complexity index is 845. The molecule has 8 nitrogen and oxygen atoms in total. The first-order valence-corrected chi connectivity index (χ1v) is 7.43. The van der Waals surface area contributed by atoms with Gasteiger partial charge in [-0.25, -0.2) is 4.79 Å². The summed E-state index contributed by atoms with van der Waals surface area (Å²) < 4.78 is 0. The number of hydrogen-bond donors (Lipinski definition) is 4. The summed E-state index contributed by atoms with van der Waals surface area (Å²) >= 11 is 0. The molecule has 3 amide bonds. The molecule has 0 bridgehead atoms. The van der Waals surface area contributed by atoms with E-state index < -0.39 is 17.8 Å². The number of carboxylic acids is 1. The predicted octanol–water partition coefficient (Wildman–Crippen LogP) is 1.34. The Morgan fingerprint density at radius 2 is 1.35 bits per heavy atom. The van der Waals surface area contributed by atoms with Crippen molar-refractivity contribution in [2.45, 2.75) is 0 Å². The van der Waals surface area contributed by atoms with Gasteiger partial charge in [-0.2, -0.15) is 0 Å². The number of amides is 3. The summed E-state index contributed by atoms with van der Waals surface area (Å²) in [5.41, 5.74) is 5.44. The number of carbonyl (C=O) groups excluding carboxylic acids is 3. The van der Waals surface area contributed by atoms with Crippen molar-refractivity contribution in [3.8, 4) is 0 Å². The lowest BCUT2D eigenvalue weighted by atomic mass is 10.1. The Morgan fingerprint density at radius 3 is 1.96 bits per heavy atom. The highest BCUT2D eigenvalue weighted by Crippen LogP contribution is 2.11. The van der Waals surface area contributed by atoms with Gasteiger partial charge in [0, 0.05) is 29.0 Å². The van der Waals surface area contributed by atoms with E-state index in [9.17, 15) is 19.2 Å². The van der Waals surface area contributed by atoms with E-state index in [2.05, 4.69) is 10.7 Å². The average Bonchev–Trinajstić information content (AvgIpc) is 2.65. The number of aliphatic carboxylic acids is 1. The molecule has 4 N–H and O–H groups in total. The van der Waals surface area contributed by atoms with Gasteiger partial charge in [-0.05, 0) is 36.4 Å². The lowest BCUT2D eigenvalue weighted by molar-refractivity contribution is -0.131. The van der Waals surface area contributed by atoms with E-state index in [4.69, 9.17) is 5.11 Å². The molecule has 2 aromatic carbocycles. The second-order valence-corrected chi connectivity index (χ2v) is 5.01. The molecule has 0 saturated heterocycles. The van der Waals surface area contributed by atoms with Crippen molar-refractivity contribution in [1.29, 1.82) is 0 Å². The van der Waals surface area contributed by atoms with Gasteiger partial charge >= 0.3 is 5.97 Å². The molecule has 0 aromatic heterocycles. The third-order valence-corrected chi connectivity index (χ3v) is 3.12. The van der Waals surface area contributed by atoms with E-state index in [1.807, 2.05) is 5.43 Å². The normalized spacial score (nSPS) is 10.2. The minimum Gasteiger partial charge on any atom is -0.478 e. The molecule has 26 heavy (non-hydrogen) atoms. The second kappa shape index (κ2) is 8.78. The molecular formula is C18H15N3O5. The van der Waals surface area contributed by atoms with Gasteiger partial charge in [0.15, 0.2) is 0 Å². The number of anilines is 1. The van der Waals surface area contributed by atoms with Gasteiger partial charge in [-0.3, -0.25) is 25.2 Å². The number of carbonyl (C=O) groups is 4. The summed E-state index contributed by atoms with van der Waals surface area (Å²) in [5.74, 6) is -2.93. The van der Waals surface area contributed by atoms with Crippen molar-refractivity contribution >= 4 is 29.4 Å². The van der Waals surface area contributed by atoms with Gasteiger partial charge in [-0.15, -0.1) is 0 Å². The van der Waals surface area contributed by atoms with E-state index in [0.29, 0.717) is 17.3 Å². The minimum absolute atomic E-state index is 0.241. The fraction of sp³-hybridized carbons (Fsp3) is 0. The van der Waals surface area contributed by atoms with Crippen LogP contribution in [0.4, 0.5) is 5.69 Å². The van der Waals surface area contributed by atoms with E-state index >= 15 is 0 Å². The highest BCUT2D eigenvalue weighted by molar-refractivity contribution is 6.04. The van der Waals surface area contributed by atoms with E-state index in [1.54, 1.807) is 42.5 Å². The Labute approximate surface area is 148 Å². The Hall–Kier alpha value is -3.94. The van der Waals surface area contributed by atoms with Crippen LogP contribution in [-0.2, 0) is 9.59 Å². The van der Waals surface area contributed by atoms with Gasteiger partial charge < -0.3 is 10.4 Å². The molecule has 0 saturated carbocycles. The number of hydrazine groups is 1. The van der Waals surface area contributed by atoms with Crippen molar-refractivity contribution in [2.75, 3.05) is 5.32 Å². The van der Waals surface area contributed by atoms with Crippen LogP contribution in [0.3, 0.4) is 0 Å². The van der Waals surface area contributed by atoms with E-state index in [1.165, 1.54) is 12.1 Å². The Kier molecular flexibility index (Phi) is 6.22. The van der Waals surface area contributed by atoms with Crippen LogP contribution in [0.5, 0.6) is 0 Å². The zero-order valence-corrected chi connectivity index (χ0v) is 13.4. The van der Waals surface area contributed by atoms with Crippen molar-refractivity contribution in [3.63, 3.8) is 0 Å². The third kappa shape index (κ3) is 5.60. The van der Waals surface area contributed by atoms with Crippen LogP contribution in [0.2, 0.25) is 0 Å². The molecule has 0 aliphatic heterocycles. The molecular weight excluding hydrogens is 338 g/mol. The third-order valence-electron chi connectivity index (χ3n) is 3.12. The van der Waals surface area contributed by atoms with Gasteiger partial charge in [0.25, 0.3) is 17.7 Å². The Balaban J connectivity index is 1.90. The molecule has 0 aliphatic rings. The predicted molar refractivity (Wildman–Crippen MR) is 93.2 cm³/mol. The van der Waals surface area contributed by atoms with Crippen molar-refractivity contribution in [1.82, 2.24) is 10.9 Å². The maximum absolute atomic E-state index is 12.0. The molecule has 0 fully saturated rings. The maximum Gasteiger partial charge on any atom is 0.328 e. The topological polar surface area (TPSA) is 125 Å². The maximum atomic E-state index is 12.0. The molecule has 0 radical (unpaired) electrons. The first kappa shape index (κ1) is 18.4. The molecule has 132 valence electrons. The lowest BCUT2D eigenvalue weighted by Crippen LogP contribution is -2.40. The number of rotatable bonds is 5. The van der Waals surface area contributed by atoms with E-state index in [-0.39, 0.29) is 11.5 Å². The van der Waals surface area contributed by atoms with Gasteiger partial charge in [-0.1, -0.05) is 18.2 Å². The summed E-state index contributed by atoms with van der Waals surface area (Å²) in [7, 11) is 0. The van der Waals surface area contributed by atoms with Crippen LogP contribution < -0.4 is 16.2 Å². The first-order valence-electron chi connectivity index (χ1n) is 7.43.